The molecule has 1 heterocycles. The van der Waals surface area contributed by atoms with E-state index in [-0.39, 0.29) is 19.0 Å². The van der Waals surface area contributed by atoms with Crippen LogP contribution in [0.2, 0.25) is 5.02 Å². The Kier molecular flexibility index (Phi) is 7.48. The van der Waals surface area contributed by atoms with Gasteiger partial charge in [0.15, 0.2) is 5.78 Å². The predicted molar refractivity (Wildman–Crippen MR) is 137 cm³/mol. The van der Waals surface area contributed by atoms with Crippen LogP contribution in [0.4, 0.5) is 5.69 Å². The highest BCUT2D eigenvalue weighted by Crippen LogP contribution is 2.36. The summed E-state index contributed by atoms with van der Waals surface area (Å²) in [6, 6.07) is 15.5. The number of carbonyl (C=O) groups excluding carboxylic acids is 1. The molecule has 8 heteroatoms. The number of ketones is 1. The Morgan fingerprint density at radius 3 is 2.60 bits per heavy atom. The summed E-state index contributed by atoms with van der Waals surface area (Å²) in [5, 5.41) is 13.8. The van der Waals surface area contributed by atoms with Crippen molar-refractivity contribution in [1.82, 2.24) is 4.98 Å². The molecule has 0 saturated carbocycles. The first-order chi connectivity index (χ1) is 16.9. The van der Waals surface area contributed by atoms with E-state index in [0.29, 0.717) is 39.1 Å². The van der Waals surface area contributed by atoms with Crippen LogP contribution in [0, 0.1) is 6.92 Å². The van der Waals surface area contributed by atoms with Crippen LogP contribution in [0.5, 0.6) is 17.2 Å². The van der Waals surface area contributed by atoms with Gasteiger partial charge in [0, 0.05) is 57.1 Å². The van der Waals surface area contributed by atoms with Gasteiger partial charge in [0.05, 0.1) is 20.8 Å². The Labute approximate surface area is 208 Å². The van der Waals surface area contributed by atoms with Gasteiger partial charge >= 0.3 is 0 Å². The standard InChI is InChI=1S/C27H27ClN2O5/c1-16-4-6-21-23(15-29-24(21)10-16)27(32)26(22-7-5-17(28)11-25(22)34-3)30-18-12-19(33-2)14-20(13-18)35-9-8-31/h4-7,10-15,26,29-31H,8-9H2,1-3H3. The number of methoxy groups -OCH3 is 2. The number of anilines is 1. The molecule has 0 saturated heterocycles. The van der Waals surface area contributed by atoms with Crippen LogP contribution >= 0.6 is 11.6 Å². The zero-order valence-corrected chi connectivity index (χ0v) is 20.5. The van der Waals surface area contributed by atoms with Gasteiger partial charge in [-0.3, -0.25) is 4.79 Å². The van der Waals surface area contributed by atoms with Crippen molar-refractivity contribution >= 4 is 34.0 Å². The van der Waals surface area contributed by atoms with Gasteiger partial charge in [0.25, 0.3) is 0 Å². The fourth-order valence-electron chi connectivity index (χ4n) is 3.99. The molecule has 4 rings (SSSR count). The number of aromatic nitrogens is 1. The lowest BCUT2D eigenvalue weighted by molar-refractivity contribution is 0.0970. The van der Waals surface area contributed by atoms with E-state index in [1.165, 1.54) is 7.11 Å². The van der Waals surface area contributed by atoms with E-state index in [9.17, 15) is 4.79 Å². The number of hydrogen-bond donors (Lipinski definition) is 3. The van der Waals surface area contributed by atoms with Crippen molar-refractivity contribution in [1.29, 1.82) is 0 Å². The molecule has 1 atom stereocenters. The van der Waals surface area contributed by atoms with Crippen LogP contribution in [0.1, 0.15) is 27.5 Å². The van der Waals surface area contributed by atoms with E-state index in [1.54, 1.807) is 49.7 Å². The van der Waals surface area contributed by atoms with Gasteiger partial charge in [-0.15, -0.1) is 0 Å². The van der Waals surface area contributed by atoms with Gasteiger partial charge in [-0.25, -0.2) is 0 Å². The summed E-state index contributed by atoms with van der Waals surface area (Å²) in [7, 11) is 3.09. The summed E-state index contributed by atoms with van der Waals surface area (Å²) in [4.78, 5) is 17.2. The van der Waals surface area contributed by atoms with E-state index < -0.39 is 6.04 Å². The number of aromatic amines is 1. The van der Waals surface area contributed by atoms with Crippen molar-refractivity contribution in [3.8, 4) is 17.2 Å². The number of nitrogens with one attached hydrogen (secondary N) is 2. The summed E-state index contributed by atoms with van der Waals surface area (Å²) in [5.41, 5.74) is 3.76. The number of rotatable bonds is 10. The van der Waals surface area contributed by atoms with Crippen molar-refractivity contribution < 1.29 is 24.1 Å². The number of aliphatic hydroxyl groups excluding tert-OH is 1. The second-order valence-electron chi connectivity index (χ2n) is 8.05. The predicted octanol–water partition coefficient (Wildman–Crippen LogP) is 5.55. The zero-order chi connectivity index (χ0) is 24.9. The highest BCUT2D eigenvalue weighted by atomic mass is 35.5. The number of fused-ring (bicyclic) bond motifs is 1. The van der Waals surface area contributed by atoms with Crippen LogP contribution in [-0.2, 0) is 0 Å². The summed E-state index contributed by atoms with van der Waals surface area (Å²) in [6.45, 7) is 2.02. The smallest absolute Gasteiger partial charge is 0.191 e. The van der Waals surface area contributed by atoms with Crippen molar-refractivity contribution in [2.24, 2.45) is 0 Å². The SMILES string of the molecule is COc1cc(NC(C(=O)c2c[nH]c3cc(C)ccc23)c2ccc(Cl)cc2OC)cc(OCCO)c1. The molecule has 0 aliphatic heterocycles. The lowest BCUT2D eigenvalue weighted by Gasteiger charge is -2.22. The minimum absolute atomic E-state index is 0.122. The average molecular weight is 495 g/mol. The second-order valence-corrected chi connectivity index (χ2v) is 8.48. The molecular formula is C27H27ClN2O5. The Morgan fingerprint density at radius 2 is 1.86 bits per heavy atom. The van der Waals surface area contributed by atoms with Crippen LogP contribution in [0.3, 0.4) is 0 Å². The number of Topliss-reactive ketones (excluding diaryl/α,β-unsaturated/α-hetero) is 1. The number of H-pyrrole nitrogens is 1. The minimum Gasteiger partial charge on any atom is -0.497 e. The summed E-state index contributed by atoms with van der Waals surface area (Å²) >= 11 is 6.20. The van der Waals surface area contributed by atoms with Crippen molar-refractivity contribution in [2.75, 3.05) is 32.8 Å². The molecule has 0 radical (unpaired) electrons. The normalized spacial score (nSPS) is 11.8. The molecule has 3 N–H and O–H groups in total. The molecule has 0 aliphatic rings. The van der Waals surface area contributed by atoms with Gasteiger partial charge in [-0.2, -0.15) is 0 Å². The zero-order valence-electron chi connectivity index (χ0n) is 19.7. The van der Waals surface area contributed by atoms with E-state index in [2.05, 4.69) is 10.3 Å². The highest BCUT2D eigenvalue weighted by Gasteiger charge is 2.28. The first-order valence-corrected chi connectivity index (χ1v) is 11.5. The van der Waals surface area contributed by atoms with Crippen LogP contribution < -0.4 is 19.5 Å². The molecule has 35 heavy (non-hydrogen) atoms. The number of aliphatic hydroxyl groups is 1. The minimum atomic E-state index is -0.805. The molecule has 0 spiro atoms. The van der Waals surface area contributed by atoms with E-state index in [1.807, 2.05) is 25.1 Å². The third-order valence-electron chi connectivity index (χ3n) is 5.66. The third kappa shape index (κ3) is 5.37. The lowest BCUT2D eigenvalue weighted by atomic mass is 9.95. The Bertz CT molecular complexity index is 1350. The maximum absolute atomic E-state index is 14.0. The molecule has 4 aromatic rings. The molecule has 0 aliphatic carbocycles. The maximum Gasteiger partial charge on any atom is 0.191 e. The molecular weight excluding hydrogens is 468 g/mol. The number of benzene rings is 3. The van der Waals surface area contributed by atoms with Crippen LogP contribution in [0.25, 0.3) is 10.9 Å². The van der Waals surface area contributed by atoms with E-state index >= 15 is 0 Å². The lowest BCUT2D eigenvalue weighted by Crippen LogP contribution is -2.22. The Morgan fingerprint density at radius 1 is 1.06 bits per heavy atom. The molecule has 0 bridgehead atoms. The molecule has 1 unspecified atom stereocenters. The molecule has 7 nitrogen and oxygen atoms in total. The van der Waals surface area contributed by atoms with Crippen LogP contribution in [0.15, 0.2) is 60.8 Å². The summed E-state index contributed by atoms with van der Waals surface area (Å²) in [6.07, 6.45) is 1.73. The number of carbonyl (C=O) groups is 1. The molecule has 0 fully saturated rings. The van der Waals surface area contributed by atoms with Gasteiger partial charge in [0.1, 0.15) is 29.9 Å². The van der Waals surface area contributed by atoms with Crippen molar-refractivity contribution in [3.63, 3.8) is 0 Å². The van der Waals surface area contributed by atoms with Crippen molar-refractivity contribution in [3.05, 3.63) is 82.5 Å². The van der Waals surface area contributed by atoms with Gasteiger partial charge < -0.3 is 29.6 Å². The average Bonchev–Trinajstić information content (AvgIpc) is 3.28. The Hall–Kier alpha value is -3.68. The van der Waals surface area contributed by atoms with Gasteiger partial charge in [0.2, 0.25) is 0 Å². The quantitative estimate of drug-likeness (QED) is 0.250. The summed E-state index contributed by atoms with van der Waals surface area (Å²) in [5.74, 6) is 1.37. The number of hydrogen-bond acceptors (Lipinski definition) is 6. The fourth-order valence-corrected chi connectivity index (χ4v) is 4.16. The number of halogens is 1. The molecule has 182 valence electrons. The largest absolute Gasteiger partial charge is 0.497 e. The van der Waals surface area contributed by atoms with Crippen molar-refractivity contribution in [2.45, 2.75) is 13.0 Å². The molecule has 1 aromatic heterocycles. The molecule has 3 aromatic carbocycles. The number of aryl methyl sites for hydroxylation is 1. The van der Waals surface area contributed by atoms with Gasteiger partial charge in [-0.05, 0) is 30.7 Å². The topological polar surface area (TPSA) is 92.8 Å². The second kappa shape index (κ2) is 10.7. The molecule has 0 amide bonds. The van der Waals surface area contributed by atoms with E-state index in [0.717, 1.165) is 16.5 Å². The first-order valence-electron chi connectivity index (χ1n) is 11.1. The fraction of sp³-hybridized carbons (Fsp3) is 0.222. The summed E-state index contributed by atoms with van der Waals surface area (Å²) < 4.78 is 16.6. The monoisotopic (exact) mass is 494 g/mol. The first kappa shape index (κ1) is 24.4. The Balaban J connectivity index is 1.80. The highest BCUT2D eigenvalue weighted by molar-refractivity contribution is 6.30. The maximum atomic E-state index is 14.0. The van der Waals surface area contributed by atoms with Gasteiger partial charge in [-0.1, -0.05) is 29.8 Å². The third-order valence-corrected chi connectivity index (χ3v) is 5.89. The van der Waals surface area contributed by atoms with Crippen LogP contribution in [-0.4, -0.2) is 43.3 Å². The number of ether oxygens (including phenoxy) is 3. The van der Waals surface area contributed by atoms with E-state index in [4.69, 9.17) is 30.9 Å².